The van der Waals surface area contributed by atoms with Crippen LogP contribution in [-0.4, -0.2) is 48.2 Å². The van der Waals surface area contributed by atoms with Crippen molar-refractivity contribution >= 4 is 11.9 Å². The van der Waals surface area contributed by atoms with Gasteiger partial charge in [0.25, 0.3) is 0 Å². The Hall–Kier alpha value is -1.10. The molecule has 0 bridgehead atoms. The molecule has 0 spiro atoms. The van der Waals surface area contributed by atoms with Crippen LogP contribution in [-0.2, 0) is 14.3 Å². The summed E-state index contributed by atoms with van der Waals surface area (Å²) >= 11 is 0. The Morgan fingerprint density at radius 2 is 2.06 bits per heavy atom. The number of hydrogen-bond donors (Lipinski definition) is 1. The third-order valence-electron chi connectivity index (χ3n) is 3.07. The number of carboxylic acids is 1. The number of piperidine rings is 1. The van der Waals surface area contributed by atoms with Crippen molar-refractivity contribution < 1.29 is 19.4 Å². The van der Waals surface area contributed by atoms with Crippen LogP contribution >= 0.6 is 0 Å². The van der Waals surface area contributed by atoms with Crippen LogP contribution in [0.1, 0.15) is 26.7 Å². The predicted molar refractivity (Wildman–Crippen MR) is 58.0 cm³/mol. The summed E-state index contributed by atoms with van der Waals surface area (Å²) in [5, 5.41) is 8.99. The number of likely N-dealkylation sites (tertiary alicyclic amines) is 1. The molecule has 0 saturated carbocycles. The number of methoxy groups -OCH3 is 1. The van der Waals surface area contributed by atoms with Crippen molar-refractivity contribution in [1.29, 1.82) is 0 Å². The van der Waals surface area contributed by atoms with E-state index >= 15 is 0 Å². The molecule has 92 valence electrons. The Labute approximate surface area is 95.4 Å². The molecule has 1 fully saturated rings. The average molecular weight is 229 g/mol. The molecule has 0 aromatic carbocycles. The molecule has 16 heavy (non-hydrogen) atoms. The molecule has 1 saturated heterocycles. The first-order valence-electron chi connectivity index (χ1n) is 5.45. The molecule has 1 N–H and O–H groups in total. The van der Waals surface area contributed by atoms with E-state index in [9.17, 15) is 9.59 Å². The molecular weight excluding hydrogens is 210 g/mol. The SMILES string of the molecule is COC1CCCN(C(=O)C(C)(C)C(=O)O)C1. The van der Waals surface area contributed by atoms with E-state index in [2.05, 4.69) is 0 Å². The lowest BCUT2D eigenvalue weighted by Gasteiger charge is -2.35. The van der Waals surface area contributed by atoms with Crippen molar-refractivity contribution in [2.75, 3.05) is 20.2 Å². The zero-order valence-corrected chi connectivity index (χ0v) is 10.0. The fraction of sp³-hybridized carbons (Fsp3) is 0.818. The number of rotatable bonds is 3. The summed E-state index contributed by atoms with van der Waals surface area (Å²) in [6.45, 7) is 3.99. The first-order valence-corrected chi connectivity index (χ1v) is 5.45. The van der Waals surface area contributed by atoms with Gasteiger partial charge in [0.15, 0.2) is 0 Å². The minimum atomic E-state index is -1.35. The summed E-state index contributed by atoms with van der Waals surface area (Å²) in [6.07, 6.45) is 1.82. The number of carbonyl (C=O) groups excluding carboxylic acids is 1. The largest absolute Gasteiger partial charge is 0.480 e. The molecule has 1 heterocycles. The highest BCUT2D eigenvalue weighted by Gasteiger charge is 2.40. The molecule has 0 radical (unpaired) electrons. The maximum absolute atomic E-state index is 12.0. The van der Waals surface area contributed by atoms with E-state index in [-0.39, 0.29) is 12.0 Å². The molecule has 1 aliphatic rings. The van der Waals surface area contributed by atoms with Gasteiger partial charge in [-0.3, -0.25) is 9.59 Å². The van der Waals surface area contributed by atoms with Crippen LogP contribution in [0.2, 0.25) is 0 Å². The van der Waals surface area contributed by atoms with Crippen LogP contribution in [0.25, 0.3) is 0 Å². The van der Waals surface area contributed by atoms with Crippen molar-refractivity contribution in [1.82, 2.24) is 4.90 Å². The summed E-state index contributed by atoms with van der Waals surface area (Å²) in [4.78, 5) is 24.6. The molecule has 1 amide bonds. The third kappa shape index (κ3) is 2.52. The van der Waals surface area contributed by atoms with Crippen molar-refractivity contribution in [3.05, 3.63) is 0 Å². The van der Waals surface area contributed by atoms with E-state index in [1.165, 1.54) is 13.8 Å². The van der Waals surface area contributed by atoms with E-state index in [1.807, 2.05) is 0 Å². The maximum atomic E-state index is 12.0. The lowest BCUT2D eigenvalue weighted by atomic mass is 9.90. The van der Waals surface area contributed by atoms with Crippen LogP contribution in [0.15, 0.2) is 0 Å². The van der Waals surface area contributed by atoms with E-state index in [0.717, 1.165) is 12.8 Å². The van der Waals surface area contributed by atoms with Crippen LogP contribution in [0.4, 0.5) is 0 Å². The Morgan fingerprint density at radius 1 is 1.44 bits per heavy atom. The molecular formula is C11H19NO4. The van der Waals surface area contributed by atoms with Crippen LogP contribution < -0.4 is 0 Å². The van der Waals surface area contributed by atoms with E-state index in [0.29, 0.717) is 13.1 Å². The van der Waals surface area contributed by atoms with E-state index in [1.54, 1.807) is 12.0 Å². The summed E-state index contributed by atoms with van der Waals surface area (Å²) in [6, 6.07) is 0. The van der Waals surface area contributed by atoms with Gasteiger partial charge in [0.05, 0.1) is 6.10 Å². The van der Waals surface area contributed by atoms with Crippen molar-refractivity contribution in [2.45, 2.75) is 32.8 Å². The standard InChI is InChI=1S/C11H19NO4/c1-11(2,10(14)15)9(13)12-6-4-5-8(7-12)16-3/h8H,4-7H2,1-3H3,(H,14,15). The topological polar surface area (TPSA) is 66.8 Å². The maximum Gasteiger partial charge on any atom is 0.318 e. The number of nitrogens with zero attached hydrogens (tertiary/aromatic N) is 1. The Morgan fingerprint density at radius 3 is 2.56 bits per heavy atom. The predicted octanol–water partition coefficient (Wildman–Crippen LogP) is 0.735. The highest BCUT2D eigenvalue weighted by atomic mass is 16.5. The van der Waals surface area contributed by atoms with Gasteiger partial charge < -0.3 is 14.7 Å². The fourth-order valence-corrected chi connectivity index (χ4v) is 1.80. The first-order chi connectivity index (χ1) is 7.39. The van der Waals surface area contributed by atoms with Gasteiger partial charge in [-0.15, -0.1) is 0 Å². The number of carboxylic acid groups (broad SMARTS) is 1. The molecule has 0 aliphatic carbocycles. The Kier molecular flexibility index (Phi) is 3.91. The first kappa shape index (κ1) is 13.0. The highest BCUT2D eigenvalue weighted by molar-refractivity contribution is 6.01. The summed E-state index contributed by atoms with van der Waals surface area (Å²) < 4.78 is 5.20. The molecule has 0 aromatic rings. The van der Waals surface area contributed by atoms with Gasteiger partial charge in [-0.05, 0) is 26.7 Å². The Bertz CT molecular complexity index is 288. The quantitative estimate of drug-likeness (QED) is 0.725. The van der Waals surface area contributed by atoms with Gasteiger partial charge in [0.2, 0.25) is 5.91 Å². The molecule has 0 aromatic heterocycles. The lowest BCUT2D eigenvalue weighted by molar-refractivity contribution is -0.160. The molecule has 1 unspecified atom stereocenters. The second-order valence-electron chi connectivity index (χ2n) is 4.68. The molecule has 1 aliphatic heterocycles. The number of hydrogen-bond acceptors (Lipinski definition) is 3. The smallest absolute Gasteiger partial charge is 0.318 e. The monoisotopic (exact) mass is 229 g/mol. The highest BCUT2D eigenvalue weighted by Crippen LogP contribution is 2.22. The van der Waals surface area contributed by atoms with Gasteiger partial charge in [-0.1, -0.05) is 0 Å². The van der Waals surface area contributed by atoms with Gasteiger partial charge in [-0.25, -0.2) is 0 Å². The average Bonchev–Trinajstić information content (AvgIpc) is 2.27. The number of carbonyl (C=O) groups is 2. The van der Waals surface area contributed by atoms with Crippen LogP contribution in [0.5, 0.6) is 0 Å². The summed E-state index contributed by atoms with van der Waals surface area (Å²) in [5.74, 6) is -1.42. The second kappa shape index (κ2) is 4.82. The Balaban J connectivity index is 2.70. The van der Waals surface area contributed by atoms with Gasteiger partial charge in [0, 0.05) is 20.2 Å². The van der Waals surface area contributed by atoms with Crippen LogP contribution in [0.3, 0.4) is 0 Å². The zero-order valence-electron chi connectivity index (χ0n) is 10.0. The van der Waals surface area contributed by atoms with Gasteiger partial charge >= 0.3 is 5.97 Å². The van der Waals surface area contributed by atoms with Crippen LogP contribution in [0, 0.1) is 5.41 Å². The summed E-state index contributed by atoms with van der Waals surface area (Å²) in [7, 11) is 1.61. The molecule has 5 nitrogen and oxygen atoms in total. The minimum absolute atomic E-state index is 0.0299. The van der Waals surface area contributed by atoms with Crippen molar-refractivity contribution in [3.8, 4) is 0 Å². The third-order valence-corrected chi connectivity index (χ3v) is 3.07. The number of amides is 1. The number of ether oxygens (including phenoxy) is 1. The molecule has 1 rings (SSSR count). The molecule has 5 heteroatoms. The molecule has 1 atom stereocenters. The van der Waals surface area contributed by atoms with Crippen molar-refractivity contribution in [2.24, 2.45) is 5.41 Å². The van der Waals surface area contributed by atoms with Gasteiger partial charge in [-0.2, -0.15) is 0 Å². The van der Waals surface area contributed by atoms with E-state index < -0.39 is 11.4 Å². The normalized spacial score (nSPS) is 21.9. The number of aliphatic carboxylic acids is 1. The van der Waals surface area contributed by atoms with Gasteiger partial charge in [0.1, 0.15) is 5.41 Å². The minimum Gasteiger partial charge on any atom is -0.480 e. The fourth-order valence-electron chi connectivity index (χ4n) is 1.80. The second-order valence-corrected chi connectivity index (χ2v) is 4.68. The lowest BCUT2D eigenvalue weighted by Crippen LogP contribution is -2.50. The van der Waals surface area contributed by atoms with E-state index in [4.69, 9.17) is 9.84 Å². The zero-order chi connectivity index (χ0) is 12.3. The summed E-state index contributed by atoms with van der Waals surface area (Å²) in [5.41, 5.74) is -1.35. The van der Waals surface area contributed by atoms with Crippen molar-refractivity contribution in [3.63, 3.8) is 0 Å².